The van der Waals surface area contributed by atoms with Gasteiger partial charge >= 0.3 is 0 Å². The van der Waals surface area contributed by atoms with Crippen molar-refractivity contribution < 1.29 is 9.26 Å². The van der Waals surface area contributed by atoms with Crippen molar-refractivity contribution in [2.24, 2.45) is 0 Å². The first kappa shape index (κ1) is 15.8. The number of hydrogen-bond acceptors (Lipinski definition) is 7. The number of nitrogens with zero attached hydrogens (tertiary/aromatic N) is 6. The van der Waals surface area contributed by atoms with Crippen LogP contribution in [0, 0.1) is 6.92 Å². The molecule has 0 amide bonds. The maximum atomic E-state index is 6.05. The van der Waals surface area contributed by atoms with Gasteiger partial charge in [0.25, 0.3) is 5.89 Å². The van der Waals surface area contributed by atoms with E-state index in [1.54, 1.807) is 12.4 Å². The molecule has 0 spiro atoms. The molecule has 0 fully saturated rings. The van der Waals surface area contributed by atoms with E-state index in [1.807, 2.05) is 16.8 Å². The fraction of sp³-hybridized carbons (Fsp3) is 0.211. The molecule has 3 aromatic heterocycles. The second kappa shape index (κ2) is 6.40. The van der Waals surface area contributed by atoms with Crippen LogP contribution in [-0.2, 0) is 17.9 Å². The molecule has 134 valence electrons. The van der Waals surface area contributed by atoms with Gasteiger partial charge in [0.2, 0.25) is 5.82 Å². The standard InChI is InChI=1S/C19H16N6O2/c1-12-2-4-13(5-3-12)16-10-25-15(11-26-16)17(22-24-25)18-21-19(27-23-18)14-6-8-20-9-7-14/h2-9,16H,10-11H2,1H3/t16-/m1/s1. The Morgan fingerprint density at radius 3 is 2.70 bits per heavy atom. The van der Waals surface area contributed by atoms with Crippen LogP contribution >= 0.6 is 0 Å². The van der Waals surface area contributed by atoms with E-state index < -0.39 is 0 Å². The predicted molar refractivity (Wildman–Crippen MR) is 95.3 cm³/mol. The summed E-state index contributed by atoms with van der Waals surface area (Å²) in [6.07, 6.45) is 3.31. The molecular formula is C19H16N6O2. The highest BCUT2D eigenvalue weighted by molar-refractivity contribution is 5.57. The lowest BCUT2D eigenvalue weighted by molar-refractivity contribution is -0.00112. The lowest BCUT2D eigenvalue weighted by atomic mass is 10.1. The quantitative estimate of drug-likeness (QED) is 0.554. The van der Waals surface area contributed by atoms with E-state index in [4.69, 9.17) is 9.26 Å². The number of fused-ring (bicyclic) bond motifs is 1. The molecule has 0 radical (unpaired) electrons. The van der Waals surface area contributed by atoms with Gasteiger partial charge in [-0.05, 0) is 24.6 Å². The molecule has 0 saturated heterocycles. The highest BCUT2D eigenvalue weighted by atomic mass is 16.5. The Hall–Kier alpha value is -3.39. The molecule has 0 aliphatic carbocycles. The molecular weight excluding hydrogens is 344 g/mol. The number of ether oxygens (including phenoxy) is 1. The number of aryl methyl sites for hydroxylation is 1. The van der Waals surface area contributed by atoms with E-state index in [-0.39, 0.29) is 6.10 Å². The van der Waals surface area contributed by atoms with E-state index in [1.165, 1.54) is 5.56 Å². The fourth-order valence-electron chi connectivity index (χ4n) is 3.10. The molecule has 0 saturated carbocycles. The van der Waals surface area contributed by atoms with Crippen molar-refractivity contribution in [2.75, 3.05) is 0 Å². The van der Waals surface area contributed by atoms with E-state index >= 15 is 0 Å². The summed E-state index contributed by atoms with van der Waals surface area (Å²) in [5.74, 6) is 0.823. The third-order valence-corrected chi connectivity index (χ3v) is 4.61. The lowest BCUT2D eigenvalue weighted by Crippen LogP contribution is -2.22. The molecule has 4 aromatic rings. The number of rotatable bonds is 3. The molecule has 4 heterocycles. The van der Waals surface area contributed by atoms with Crippen LogP contribution in [0.25, 0.3) is 23.0 Å². The Labute approximate surface area is 154 Å². The Kier molecular flexibility index (Phi) is 3.75. The third-order valence-electron chi connectivity index (χ3n) is 4.61. The van der Waals surface area contributed by atoms with Crippen molar-refractivity contribution in [1.82, 2.24) is 30.1 Å². The average Bonchev–Trinajstić information content (AvgIpc) is 3.36. The molecule has 1 atom stereocenters. The Morgan fingerprint density at radius 1 is 1.07 bits per heavy atom. The number of pyridine rings is 1. The second-order valence-electron chi connectivity index (χ2n) is 6.44. The Morgan fingerprint density at radius 2 is 1.89 bits per heavy atom. The molecule has 5 rings (SSSR count). The largest absolute Gasteiger partial charge is 0.365 e. The fourth-order valence-corrected chi connectivity index (χ4v) is 3.10. The summed E-state index contributed by atoms with van der Waals surface area (Å²) in [5.41, 5.74) is 4.59. The Balaban J connectivity index is 1.42. The molecule has 1 aliphatic heterocycles. The summed E-state index contributed by atoms with van der Waals surface area (Å²) in [6, 6.07) is 12.0. The van der Waals surface area contributed by atoms with Crippen molar-refractivity contribution in [2.45, 2.75) is 26.2 Å². The van der Waals surface area contributed by atoms with Gasteiger partial charge in [-0.15, -0.1) is 5.10 Å². The first-order chi connectivity index (χ1) is 13.3. The van der Waals surface area contributed by atoms with Crippen LogP contribution in [0.15, 0.2) is 53.3 Å². The van der Waals surface area contributed by atoms with Gasteiger partial charge in [0.05, 0.1) is 18.8 Å². The summed E-state index contributed by atoms with van der Waals surface area (Å²) in [5, 5.41) is 12.6. The monoisotopic (exact) mass is 360 g/mol. The van der Waals surface area contributed by atoms with E-state index in [2.05, 4.69) is 56.6 Å². The molecule has 0 N–H and O–H groups in total. The molecule has 1 aromatic carbocycles. The number of hydrogen-bond donors (Lipinski definition) is 0. The second-order valence-corrected chi connectivity index (χ2v) is 6.44. The van der Waals surface area contributed by atoms with Crippen molar-refractivity contribution in [3.05, 3.63) is 65.6 Å². The first-order valence-corrected chi connectivity index (χ1v) is 8.63. The van der Waals surface area contributed by atoms with Crippen LogP contribution in [0.1, 0.15) is 22.9 Å². The first-order valence-electron chi connectivity index (χ1n) is 8.63. The van der Waals surface area contributed by atoms with E-state index in [0.29, 0.717) is 30.6 Å². The van der Waals surface area contributed by atoms with Gasteiger partial charge in [-0.25, -0.2) is 4.68 Å². The minimum Gasteiger partial charge on any atom is -0.365 e. The molecule has 8 heteroatoms. The summed E-state index contributed by atoms with van der Waals surface area (Å²) in [4.78, 5) is 8.43. The van der Waals surface area contributed by atoms with Crippen LogP contribution in [0.4, 0.5) is 0 Å². The molecule has 0 bridgehead atoms. The van der Waals surface area contributed by atoms with Crippen LogP contribution in [-0.4, -0.2) is 30.1 Å². The Bertz CT molecular complexity index is 1070. The summed E-state index contributed by atoms with van der Waals surface area (Å²) in [7, 11) is 0. The highest BCUT2D eigenvalue weighted by Gasteiger charge is 2.27. The zero-order valence-electron chi connectivity index (χ0n) is 14.6. The van der Waals surface area contributed by atoms with Crippen molar-refractivity contribution in [3.63, 3.8) is 0 Å². The number of aromatic nitrogens is 6. The topological polar surface area (TPSA) is 91.8 Å². The summed E-state index contributed by atoms with van der Waals surface area (Å²) >= 11 is 0. The molecule has 8 nitrogen and oxygen atoms in total. The molecule has 0 unspecified atom stereocenters. The third kappa shape index (κ3) is 2.89. The minimum absolute atomic E-state index is 0.0507. The van der Waals surface area contributed by atoms with Gasteiger partial charge in [-0.1, -0.05) is 40.2 Å². The average molecular weight is 360 g/mol. The maximum Gasteiger partial charge on any atom is 0.258 e. The van der Waals surface area contributed by atoms with Crippen LogP contribution in [0.3, 0.4) is 0 Å². The van der Waals surface area contributed by atoms with Gasteiger partial charge < -0.3 is 9.26 Å². The highest BCUT2D eigenvalue weighted by Crippen LogP contribution is 2.30. The SMILES string of the molecule is Cc1ccc([C@H]2Cn3nnc(-c4noc(-c5ccncc5)n4)c3CO2)cc1. The van der Waals surface area contributed by atoms with Crippen LogP contribution < -0.4 is 0 Å². The summed E-state index contributed by atoms with van der Waals surface area (Å²) in [6.45, 7) is 3.05. The predicted octanol–water partition coefficient (Wildman–Crippen LogP) is 2.97. The van der Waals surface area contributed by atoms with E-state index in [9.17, 15) is 0 Å². The van der Waals surface area contributed by atoms with Crippen molar-refractivity contribution in [1.29, 1.82) is 0 Å². The normalized spacial score (nSPS) is 16.3. The smallest absolute Gasteiger partial charge is 0.258 e. The van der Waals surface area contributed by atoms with Gasteiger partial charge in [-0.3, -0.25) is 4.98 Å². The minimum atomic E-state index is -0.0507. The maximum absolute atomic E-state index is 6.05. The zero-order chi connectivity index (χ0) is 18.2. The lowest BCUT2D eigenvalue weighted by Gasteiger charge is -2.24. The van der Waals surface area contributed by atoms with Gasteiger partial charge in [-0.2, -0.15) is 4.98 Å². The van der Waals surface area contributed by atoms with Gasteiger partial charge in [0.15, 0.2) is 5.69 Å². The van der Waals surface area contributed by atoms with Crippen LogP contribution in [0.5, 0.6) is 0 Å². The summed E-state index contributed by atoms with van der Waals surface area (Å²) < 4.78 is 13.3. The van der Waals surface area contributed by atoms with Crippen molar-refractivity contribution in [3.8, 4) is 23.0 Å². The zero-order valence-corrected chi connectivity index (χ0v) is 14.6. The van der Waals surface area contributed by atoms with Crippen LogP contribution in [0.2, 0.25) is 0 Å². The molecule has 1 aliphatic rings. The van der Waals surface area contributed by atoms with E-state index in [0.717, 1.165) is 16.8 Å². The van der Waals surface area contributed by atoms with Gasteiger partial charge in [0.1, 0.15) is 6.10 Å². The van der Waals surface area contributed by atoms with Gasteiger partial charge in [0, 0.05) is 18.0 Å². The number of benzene rings is 1. The molecule has 27 heavy (non-hydrogen) atoms. The van der Waals surface area contributed by atoms with Crippen molar-refractivity contribution >= 4 is 0 Å².